The van der Waals surface area contributed by atoms with Crippen molar-refractivity contribution in [3.05, 3.63) is 46.7 Å². The summed E-state index contributed by atoms with van der Waals surface area (Å²) in [4.78, 5) is 28.9. The molecule has 6 nitrogen and oxygen atoms in total. The van der Waals surface area contributed by atoms with Gasteiger partial charge in [-0.05, 0) is 24.1 Å². The molecule has 0 saturated carbocycles. The Bertz CT molecular complexity index is 815. The molecule has 1 fully saturated rings. The van der Waals surface area contributed by atoms with Gasteiger partial charge in [0.15, 0.2) is 10.0 Å². The third-order valence-corrected chi connectivity index (χ3v) is 6.31. The van der Waals surface area contributed by atoms with Crippen LogP contribution in [0.3, 0.4) is 0 Å². The number of thiazole rings is 1. The number of nitrogens with one attached hydrogen (secondary N) is 1. The number of likely N-dealkylation sites (tertiary alicyclic amines) is 1. The minimum Gasteiger partial charge on any atom is -0.476 e. The van der Waals surface area contributed by atoms with Crippen molar-refractivity contribution in [1.29, 1.82) is 0 Å². The van der Waals surface area contributed by atoms with Crippen LogP contribution in [0.4, 0.5) is 4.39 Å². The second-order valence-electron chi connectivity index (χ2n) is 6.19. The first kappa shape index (κ1) is 19.8. The molecule has 0 spiro atoms. The van der Waals surface area contributed by atoms with Crippen molar-refractivity contribution in [2.45, 2.75) is 29.8 Å². The van der Waals surface area contributed by atoms with Crippen LogP contribution in [-0.2, 0) is 11.3 Å². The van der Waals surface area contributed by atoms with Crippen molar-refractivity contribution in [2.75, 3.05) is 18.8 Å². The zero-order valence-corrected chi connectivity index (χ0v) is 16.2. The van der Waals surface area contributed by atoms with E-state index < -0.39 is 5.97 Å². The number of hydrogen-bond acceptors (Lipinski definition) is 6. The van der Waals surface area contributed by atoms with Crippen LogP contribution in [-0.4, -0.2) is 51.8 Å². The number of carbonyl (C=O) groups excluding carboxylic acids is 1. The number of nitrogens with zero attached hydrogens (tertiary/aromatic N) is 2. The number of carboxylic acid groups (broad SMARTS) is 1. The molecule has 1 atom stereocenters. The molecule has 0 radical (unpaired) electrons. The van der Waals surface area contributed by atoms with E-state index in [2.05, 4.69) is 10.3 Å². The van der Waals surface area contributed by atoms with Crippen LogP contribution >= 0.6 is 23.1 Å². The van der Waals surface area contributed by atoms with Gasteiger partial charge in [0.2, 0.25) is 5.91 Å². The van der Waals surface area contributed by atoms with Gasteiger partial charge in [-0.2, -0.15) is 0 Å². The van der Waals surface area contributed by atoms with Gasteiger partial charge in [-0.1, -0.05) is 23.9 Å². The Labute approximate surface area is 164 Å². The maximum Gasteiger partial charge on any atom is 0.355 e. The predicted molar refractivity (Wildman–Crippen MR) is 103 cm³/mol. The molecule has 1 aromatic heterocycles. The van der Waals surface area contributed by atoms with Gasteiger partial charge in [0.25, 0.3) is 0 Å². The highest BCUT2D eigenvalue weighted by molar-refractivity contribution is 8.01. The molecule has 1 unspecified atom stereocenters. The summed E-state index contributed by atoms with van der Waals surface area (Å²) in [5.74, 6) is -0.480. The molecule has 0 bridgehead atoms. The number of halogens is 1. The summed E-state index contributed by atoms with van der Waals surface area (Å²) >= 11 is 2.76. The largest absolute Gasteiger partial charge is 0.476 e. The summed E-state index contributed by atoms with van der Waals surface area (Å²) in [5.41, 5.74) is 0.929. The Morgan fingerprint density at radius 1 is 1.48 bits per heavy atom. The zero-order chi connectivity index (χ0) is 19.2. The van der Waals surface area contributed by atoms with Crippen molar-refractivity contribution in [2.24, 2.45) is 0 Å². The van der Waals surface area contributed by atoms with Gasteiger partial charge >= 0.3 is 5.97 Å². The van der Waals surface area contributed by atoms with Crippen molar-refractivity contribution < 1.29 is 19.1 Å². The number of benzene rings is 1. The van der Waals surface area contributed by atoms with Crippen LogP contribution in [0.25, 0.3) is 0 Å². The molecule has 1 saturated heterocycles. The molecule has 3 rings (SSSR count). The van der Waals surface area contributed by atoms with Crippen LogP contribution in [0.1, 0.15) is 28.9 Å². The molecule has 27 heavy (non-hydrogen) atoms. The fourth-order valence-corrected chi connectivity index (χ4v) is 4.80. The number of carboxylic acids is 1. The summed E-state index contributed by atoms with van der Waals surface area (Å²) < 4.78 is 13.9. The van der Waals surface area contributed by atoms with Gasteiger partial charge in [0.1, 0.15) is 5.82 Å². The minimum absolute atomic E-state index is 0.0548. The molecule has 1 amide bonds. The number of carbonyl (C=O) groups is 2. The van der Waals surface area contributed by atoms with Crippen LogP contribution in [0.2, 0.25) is 0 Å². The Kier molecular flexibility index (Phi) is 6.81. The third-order valence-electron chi connectivity index (χ3n) is 4.31. The Morgan fingerprint density at radius 3 is 3.07 bits per heavy atom. The Morgan fingerprint density at radius 2 is 2.33 bits per heavy atom. The van der Waals surface area contributed by atoms with Crippen LogP contribution < -0.4 is 5.32 Å². The maximum absolute atomic E-state index is 13.2. The second-order valence-corrected chi connectivity index (χ2v) is 8.39. The van der Waals surface area contributed by atoms with Gasteiger partial charge < -0.3 is 15.3 Å². The molecule has 2 N–H and O–H groups in total. The van der Waals surface area contributed by atoms with Gasteiger partial charge in [-0.25, -0.2) is 14.2 Å². The minimum atomic E-state index is -1.03. The van der Waals surface area contributed by atoms with Crippen molar-refractivity contribution in [3.63, 3.8) is 0 Å². The number of hydrogen-bond donors (Lipinski definition) is 2. The standard InChI is InChI=1S/C18H20FN3O3S2/c19-13-3-1-2-12(8-13)9-20-10-14-4-5-16(23)22(14)6-7-26-18-21-15(11-27-18)17(24)25/h1-3,8,11,14,20H,4-7,9-10H2,(H,24,25). The Hall–Kier alpha value is -1.97. The molecule has 2 aromatic rings. The van der Waals surface area contributed by atoms with Crippen LogP contribution in [0, 0.1) is 5.82 Å². The normalized spacial score (nSPS) is 16.9. The highest BCUT2D eigenvalue weighted by Crippen LogP contribution is 2.24. The number of rotatable bonds is 9. The maximum atomic E-state index is 13.2. The molecular formula is C18H20FN3O3S2. The fourth-order valence-electron chi connectivity index (χ4n) is 3.00. The summed E-state index contributed by atoms with van der Waals surface area (Å²) in [7, 11) is 0. The second kappa shape index (κ2) is 9.29. The van der Waals surface area contributed by atoms with Crippen molar-refractivity contribution in [3.8, 4) is 0 Å². The molecule has 1 aliphatic rings. The monoisotopic (exact) mass is 409 g/mol. The van der Waals surface area contributed by atoms with E-state index in [1.165, 1.54) is 40.6 Å². The van der Waals surface area contributed by atoms with Crippen molar-refractivity contribution in [1.82, 2.24) is 15.2 Å². The lowest BCUT2D eigenvalue weighted by molar-refractivity contribution is -0.128. The summed E-state index contributed by atoms with van der Waals surface area (Å²) in [6.07, 6.45) is 1.34. The van der Waals surface area contributed by atoms with E-state index in [9.17, 15) is 14.0 Å². The van der Waals surface area contributed by atoms with Gasteiger partial charge in [-0.3, -0.25) is 4.79 Å². The van der Waals surface area contributed by atoms with E-state index in [1.807, 2.05) is 11.0 Å². The number of aromatic nitrogens is 1. The fraction of sp³-hybridized carbons (Fsp3) is 0.389. The molecular weight excluding hydrogens is 389 g/mol. The van der Waals surface area contributed by atoms with Crippen molar-refractivity contribution >= 4 is 35.0 Å². The quantitative estimate of drug-likeness (QED) is 0.620. The van der Waals surface area contributed by atoms with Crippen LogP contribution in [0.15, 0.2) is 34.0 Å². The lowest BCUT2D eigenvalue weighted by Crippen LogP contribution is -2.41. The molecule has 1 aliphatic heterocycles. The van der Waals surface area contributed by atoms with Gasteiger partial charge in [0.05, 0.1) is 0 Å². The average Bonchev–Trinajstić information content (AvgIpc) is 3.24. The molecule has 144 valence electrons. The topological polar surface area (TPSA) is 82.5 Å². The molecule has 0 aliphatic carbocycles. The van der Waals surface area contributed by atoms with Crippen LogP contribution in [0.5, 0.6) is 0 Å². The predicted octanol–water partition coefficient (Wildman–Crippen LogP) is 2.85. The van der Waals surface area contributed by atoms with E-state index in [0.717, 1.165) is 12.0 Å². The van der Waals surface area contributed by atoms with E-state index in [4.69, 9.17) is 5.11 Å². The average molecular weight is 410 g/mol. The van der Waals surface area contributed by atoms with E-state index >= 15 is 0 Å². The number of aromatic carboxylic acids is 1. The lowest BCUT2D eigenvalue weighted by Gasteiger charge is -2.25. The summed E-state index contributed by atoms with van der Waals surface area (Å²) in [6.45, 7) is 1.81. The first-order valence-corrected chi connectivity index (χ1v) is 10.5. The van der Waals surface area contributed by atoms with Gasteiger partial charge in [-0.15, -0.1) is 11.3 Å². The first-order valence-electron chi connectivity index (χ1n) is 8.59. The number of amides is 1. The summed E-state index contributed by atoms with van der Waals surface area (Å²) in [6, 6.07) is 6.59. The zero-order valence-electron chi connectivity index (χ0n) is 14.6. The first-order chi connectivity index (χ1) is 13.0. The highest BCUT2D eigenvalue weighted by atomic mass is 32.2. The highest BCUT2D eigenvalue weighted by Gasteiger charge is 2.30. The Balaban J connectivity index is 1.45. The van der Waals surface area contributed by atoms with E-state index in [1.54, 1.807) is 6.07 Å². The molecule has 1 aromatic carbocycles. The summed E-state index contributed by atoms with van der Waals surface area (Å²) in [5, 5.41) is 13.7. The lowest BCUT2D eigenvalue weighted by atomic mass is 10.2. The number of thioether (sulfide) groups is 1. The van der Waals surface area contributed by atoms with Gasteiger partial charge in [0, 0.05) is 43.2 Å². The molecule has 2 heterocycles. The third kappa shape index (κ3) is 5.50. The SMILES string of the molecule is O=C(O)c1csc(SCCN2C(=O)CCC2CNCc2cccc(F)c2)n1. The smallest absolute Gasteiger partial charge is 0.355 e. The molecule has 9 heteroatoms. The van der Waals surface area contributed by atoms with E-state index in [-0.39, 0.29) is 23.5 Å². The van der Waals surface area contributed by atoms with E-state index in [0.29, 0.717) is 36.1 Å².